The molecule has 21 heavy (non-hydrogen) atoms. The van der Waals surface area contributed by atoms with Crippen LogP contribution in [-0.2, 0) is 0 Å². The monoisotopic (exact) mass is 279 g/mol. The number of rotatable bonds is 5. The molecule has 0 heterocycles. The van der Waals surface area contributed by atoms with Gasteiger partial charge in [0.25, 0.3) is 5.91 Å². The second-order valence-corrected chi connectivity index (χ2v) is 5.19. The summed E-state index contributed by atoms with van der Waals surface area (Å²) < 4.78 is 0. The molecule has 2 aromatic carbocycles. The molecular weight excluding hydrogens is 258 g/mol. The molecule has 0 saturated heterocycles. The van der Waals surface area contributed by atoms with Crippen LogP contribution < -0.4 is 0 Å². The lowest BCUT2D eigenvalue weighted by Crippen LogP contribution is -2.32. The zero-order valence-corrected chi connectivity index (χ0v) is 12.7. The summed E-state index contributed by atoms with van der Waals surface area (Å²) in [6.07, 6.45) is 0. The van der Waals surface area contributed by atoms with Gasteiger partial charge in [-0.1, -0.05) is 60.7 Å². The number of likely N-dealkylation sites (N-methyl/N-ethyl adjacent to an activating group) is 1. The van der Waals surface area contributed by atoms with Crippen molar-refractivity contribution in [3.8, 4) is 11.1 Å². The second-order valence-electron chi connectivity index (χ2n) is 5.19. The van der Waals surface area contributed by atoms with Gasteiger partial charge in [0.15, 0.2) is 0 Å². The maximum Gasteiger partial charge on any atom is 0.254 e. The molecule has 1 amide bonds. The summed E-state index contributed by atoms with van der Waals surface area (Å²) in [4.78, 5) is 14.6. The standard InChI is InChI=1S/C19H21NO/c1-4-20(14-15(2)3)19(21)18-13-9-8-12-17(18)16-10-6-5-7-11-16/h5-13H,2,4,14H2,1,3H3. The molecule has 0 unspecified atom stereocenters. The average molecular weight is 279 g/mol. The van der Waals surface area contributed by atoms with Crippen LogP contribution in [0.3, 0.4) is 0 Å². The van der Waals surface area contributed by atoms with Gasteiger partial charge in [0.2, 0.25) is 0 Å². The van der Waals surface area contributed by atoms with Crippen LogP contribution in [-0.4, -0.2) is 23.9 Å². The van der Waals surface area contributed by atoms with Crippen molar-refractivity contribution < 1.29 is 4.79 Å². The first-order chi connectivity index (χ1) is 10.1. The van der Waals surface area contributed by atoms with Gasteiger partial charge >= 0.3 is 0 Å². The first-order valence-corrected chi connectivity index (χ1v) is 7.21. The minimum absolute atomic E-state index is 0.0555. The topological polar surface area (TPSA) is 20.3 Å². The Morgan fingerprint density at radius 1 is 1.05 bits per heavy atom. The Morgan fingerprint density at radius 2 is 1.67 bits per heavy atom. The quantitative estimate of drug-likeness (QED) is 0.743. The molecule has 0 saturated carbocycles. The molecule has 0 aliphatic rings. The third kappa shape index (κ3) is 3.60. The van der Waals surface area contributed by atoms with E-state index >= 15 is 0 Å². The lowest BCUT2D eigenvalue weighted by molar-refractivity contribution is 0.0779. The normalized spacial score (nSPS) is 10.2. The molecule has 0 N–H and O–H groups in total. The second kappa shape index (κ2) is 6.89. The van der Waals surface area contributed by atoms with Gasteiger partial charge in [-0.05, 0) is 31.0 Å². The van der Waals surface area contributed by atoms with Crippen molar-refractivity contribution in [1.82, 2.24) is 4.90 Å². The van der Waals surface area contributed by atoms with Crippen molar-refractivity contribution in [1.29, 1.82) is 0 Å². The highest BCUT2D eigenvalue weighted by Gasteiger charge is 2.17. The van der Waals surface area contributed by atoms with E-state index < -0.39 is 0 Å². The van der Waals surface area contributed by atoms with E-state index in [9.17, 15) is 4.79 Å². The third-order valence-electron chi connectivity index (χ3n) is 3.37. The molecule has 2 heteroatoms. The van der Waals surface area contributed by atoms with Crippen LogP contribution >= 0.6 is 0 Å². The number of benzene rings is 2. The van der Waals surface area contributed by atoms with E-state index in [4.69, 9.17) is 0 Å². The molecule has 0 aliphatic carbocycles. The highest BCUT2D eigenvalue weighted by atomic mass is 16.2. The fourth-order valence-electron chi connectivity index (χ4n) is 2.36. The summed E-state index contributed by atoms with van der Waals surface area (Å²) in [5.74, 6) is 0.0555. The van der Waals surface area contributed by atoms with Gasteiger partial charge in [-0.3, -0.25) is 4.79 Å². The van der Waals surface area contributed by atoms with Gasteiger partial charge in [-0.25, -0.2) is 0 Å². The number of hydrogen-bond donors (Lipinski definition) is 0. The maximum absolute atomic E-state index is 12.8. The van der Waals surface area contributed by atoms with Crippen molar-refractivity contribution in [2.45, 2.75) is 13.8 Å². The van der Waals surface area contributed by atoms with E-state index in [0.29, 0.717) is 13.1 Å². The Morgan fingerprint density at radius 3 is 2.29 bits per heavy atom. The van der Waals surface area contributed by atoms with Gasteiger partial charge < -0.3 is 4.90 Å². The van der Waals surface area contributed by atoms with Crippen LogP contribution in [0.2, 0.25) is 0 Å². The average Bonchev–Trinajstić information content (AvgIpc) is 2.52. The Kier molecular flexibility index (Phi) is 4.94. The fraction of sp³-hybridized carbons (Fsp3) is 0.211. The van der Waals surface area contributed by atoms with E-state index in [1.165, 1.54) is 0 Å². The van der Waals surface area contributed by atoms with Gasteiger partial charge in [0.05, 0.1) is 0 Å². The summed E-state index contributed by atoms with van der Waals surface area (Å²) in [5, 5.41) is 0. The summed E-state index contributed by atoms with van der Waals surface area (Å²) in [5.41, 5.74) is 3.77. The number of hydrogen-bond acceptors (Lipinski definition) is 1. The Bertz CT molecular complexity index is 631. The Hall–Kier alpha value is -2.35. The molecule has 0 radical (unpaired) electrons. The fourth-order valence-corrected chi connectivity index (χ4v) is 2.36. The van der Waals surface area contributed by atoms with Crippen molar-refractivity contribution in [2.24, 2.45) is 0 Å². The minimum atomic E-state index is 0.0555. The molecule has 0 spiro atoms. The van der Waals surface area contributed by atoms with E-state index in [0.717, 1.165) is 22.3 Å². The zero-order chi connectivity index (χ0) is 15.2. The predicted octanol–water partition coefficient (Wildman–Crippen LogP) is 4.39. The lowest BCUT2D eigenvalue weighted by Gasteiger charge is -2.22. The van der Waals surface area contributed by atoms with Crippen molar-refractivity contribution in [3.05, 3.63) is 72.3 Å². The number of carbonyl (C=O) groups excluding carboxylic acids is 1. The number of nitrogens with zero attached hydrogens (tertiary/aromatic N) is 1. The molecule has 0 aromatic heterocycles. The van der Waals surface area contributed by atoms with E-state index in [1.54, 1.807) is 0 Å². The molecule has 2 nitrogen and oxygen atoms in total. The summed E-state index contributed by atoms with van der Waals surface area (Å²) in [6.45, 7) is 9.11. The van der Waals surface area contributed by atoms with E-state index in [2.05, 4.69) is 6.58 Å². The molecule has 0 bridgehead atoms. The van der Waals surface area contributed by atoms with Gasteiger partial charge in [-0.15, -0.1) is 0 Å². The van der Waals surface area contributed by atoms with Gasteiger partial charge in [0, 0.05) is 18.7 Å². The first kappa shape index (κ1) is 15.0. The van der Waals surface area contributed by atoms with E-state index in [1.807, 2.05) is 73.3 Å². The van der Waals surface area contributed by atoms with Crippen LogP contribution in [0, 0.1) is 0 Å². The third-order valence-corrected chi connectivity index (χ3v) is 3.37. The lowest BCUT2D eigenvalue weighted by atomic mass is 9.99. The SMILES string of the molecule is C=C(C)CN(CC)C(=O)c1ccccc1-c1ccccc1. The minimum Gasteiger partial charge on any atom is -0.335 e. The molecule has 0 aliphatic heterocycles. The van der Waals surface area contributed by atoms with E-state index in [-0.39, 0.29) is 5.91 Å². The molecular formula is C19H21NO. The smallest absolute Gasteiger partial charge is 0.254 e. The summed E-state index contributed by atoms with van der Waals surface area (Å²) in [7, 11) is 0. The summed E-state index contributed by atoms with van der Waals surface area (Å²) >= 11 is 0. The summed E-state index contributed by atoms with van der Waals surface area (Å²) in [6, 6.07) is 17.8. The highest BCUT2D eigenvalue weighted by molar-refractivity contribution is 6.01. The first-order valence-electron chi connectivity index (χ1n) is 7.21. The van der Waals surface area contributed by atoms with Crippen molar-refractivity contribution in [2.75, 3.05) is 13.1 Å². The van der Waals surface area contributed by atoms with Crippen LogP contribution in [0.25, 0.3) is 11.1 Å². The highest BCUT2D eigenvalue weighted by Crippen LogP contribution is 2.24. The van der Waals surface area contributed by atoms with Crippen LogP contribution in [0.5, 0.6) is 0 Å². The number of carbonyl (C=O) groups is 1. The van der Waals surface area contributed by atoms with Crippen molar-refractivity contribution in [3.63, 3.8) is 0 Å². The van der Waals surface area contributed by atoms with Crippen molar-refractivity contribution >= 4 is 5.91 Å². The Balaban J connectivity index is 2.40. The molecule has 2 aromatic rings. The van der Waals surface area contributed by atoms with Crippen LogP contribution in [0.4, 0.5) is 0 Å². The number of amides is 1. The molecule has 0 fully saturated rings. The van der Waals surface area contributed by atoms with Gasteiger partial charge in [0.1, 0.15) is 0 Å². The Labute approximate surface area is 126 Å². The zero-order valence-electron chi connectivity index (χ0n) is 12.7. The molecule has 108 valence electrons. The molecule has 2 rings (SSSR count). The predicted molar refractivity (Wildman–Crippen MR) is 88.3 cm³/mol. The van der Waals surface area contributed by atoms with Crippen LogP contribution in [0.1, 0.15) is 24.2 Å². The maximum atomic E-state index is 12.8. The molecule has 0 atom stereocenters. The van der Waals surface area contributed by atoms with Crippen LogP contribution in [0.15, 0.2) is 66.7 Å². The van der Waals surface area contributed by atoms with Gasteiger partial charge in [-0.2, -0.15) is 0 Å². The largest absolute Gasteiger partial charge is 0.335 e.